The van der Waals surface area contributed by atoms with Gasteiger partial charge in [0.25, 0.3) is 11.8 Å². The van der Waals surface area contributed by atoms with E-state index in [1.165, 1.54) is 6.07 Å². The van der Waals surface area contributed by atoms with Crippen LogP contribution >= 0.6 is 0 Å². The first-order valence-electron chi connectivity index (χ1n) is 9.08. The first-order chi connectivity index (χ1) is 14.1. The molecule has 2 aliphatic rings. The van der Waals surface area contributed by atoms with Crippen molar-refractivity contribution in [3.8, 4) is 0 Å². The van der Waals surface area contributed by atoms with E-state index in [0.717, 1.165) is 17.0 Å². The number of halogens is 3. The van der Waals surface area contributed by atoms with Crippen molar-refractivity contribution in [3.63, 3.8) is 0 Å². The molecule has 0 unspecified atom stereocenters. The lowest BCUT2D eigenvalue weighted by Crippen LogP contribution is -2.52. The van der Waals surface area contributed by atoms with Gasteiger partial charge in [0.15, 0.2) is 6.04 Å². The summed E-state index contributed by atoms with van der Waals surface area (Å²) in [6, 6.07) is 1.11. The summed E-state index contributed by atoms with van der Waals surface area (Å²) >= 11 is 0. The van der Waals surface area contributed by atoms with Gasteiger partial charge in [-0.25, -0.2) is 0 Å². The quantitative estimate of drug-likeness (QED) is 0.564. The second-order valence-electron chi connectivity index (χ2n) is 6.93. The molecule has 1 aromatic carbocycles. The van der Waals surface area contributed by atoms with Crippen molar-refractivity contribution in [1.82, 2.24) is 5.32 Å². The molecule has 0 spiro atoms. The van der Waals surface area contributed by atoms with Crippen LogP contribution in [0.25, 0.3) is 0 Å². The predicted molar refractivity (Wildman–Crippen MR) is 97.1 cm³/mol. The summed E-state index contributed by atoms with van der Waals surface area (Å²) in [5.74, 6) is -3.80. The Balaban J connectivity index is 1.84. The molecule has 0 radical (unpaired) electrons. The number of benzene rings is 1. The van der Waals surface area contributed by atoms with Crippen molar-refractivity contribution in [1.29, 1.82) is 0 Å². The molecule has 9 nitrogen and oxygen atoms in total. The Morgan fingerprint density at radius 1 is 1.23 bits per heavy atom. The van der Waals surface area contributed by atoms with Gasteiger partial charge in [-0.3, -0.25) is 19.2 Å². The van der Waals surface area contributed by atoms with Crippen LogP contribution in [0.5, 0.6) is 0 Å². The summed E-state index contributed by atoms with van der Waals surface area (Å²) in [5, 5.41) is 4.15. The van der Waals surface area contributed by atoms with Gasteiger partial charge in [0.05, 0.1) is 17.9 Å². The molecule has 1 aliphatic carbocycles. The molecule has 1 saturated heterocycles. The van der Waals surface area contributed by atoms with E-state index in [2.05, 4.69) is 5.32 Å². The molecule has 4 N–H and O–H groups in total. The highest BCUT2D eigenvalue weighted by atomic mass is 19.4. The van der Waals surface area contributed by atoms with Gasteiger partial charge in [-0.2, -0.15) is 13.2 Å². The van der Waals surface area contributed by atoms with Crippen molar-refractivity contribution in [2.45, 2.75) is 25.1 Å². The van der Waals surface area contributed by atoms with Crippen LogP contribution in [-0.2, 0) is 30.1 Å². The van der Waals surface area contributed by atoms with Crippen molar-refractivity contribution < 1.29 is 37.1 Å². The third-order valence-electron chi connectivity index (χ3n) is 4.65. The fraction of sp³-hybridized carbons (Fsp3) is 0.444. The summed E-state index contributed by atoms with van der Waals surface area (Å²) < 4.78 is 45.7. The standard InChI is InChI=1S/C18H19F3N4O5/c19-18(20,21)11-7-10(25-5-6-30-8-13(25)26)3-4-12(11)23-17(29)14(15(22)27)24-16(28)9-1-2-9/h3-4,7,9,14H,1-2,5-6,8H2,(H2,22,27)(H,23,29)(H,24,28)/t14-/m1/s1. The van der Waals surface area contributed by atoms with E-state index in [1.807, 2.05) is 5.32 Å². The molecule has 1 saturated carbocycles. The Morgan fingerprint density at radius 3 is 2.50 bits per heavy atom. The number of amides is 4. The zero-order chi connectivity index (χ0) is 22.1. The largest absolute Gasteiger partial charge is 0.418 e. The zero-order valence-corrected chi connectivity index (χ0v) is 15.6. The van der Waals surface area contributed by atoms with E-state index in [9.17, 15) is 32.3 Å². The van der Waals surface area contributed by atoms with Gasteiger partial charge >= 0.3 is 6.18 Å². The number of ether oxygens (including phenoxy) is 1. The highest BCUT2D eigenvalue weighted by molar-refractivity contribution is 6.12. The molecular weight excluding hydrogens is 409 g/mol. The monoisotopic (exact) mass is 428 g/mol. The molecule has 1 aliphatic heterocycles. The number of carbonyl (C=O) groups excluding carboxylic acids is 4. The van der Waals surface area contributed by atoms with Crippen molar-refractivity contribution in [2.75, 3.05) is 30.0 Å². The summed E-state index contributed by atoms with van der Waals surface area (Å²) in [4.78, 5) is 48.8. The number of morpholine rings is 1. The number of hydrogen-bond donors (Lipinski definition) is 3. The molecule has 2 fully saturated rings. The van der Waals surface area contributed by atoms with Crippen molar-refractivity contribution in [3.05, 3.63) is 23.8 Å². The molecule has 12 heteroatoms. The minimum atomic E-state index is -4.87. The lowest BCUT2D eigenvalue weighted by molar-refractivity contribution is -0.137. The van der Waals surface area contributed by atoms with E-state index in [-0.39, 0.29) is 31.4 Å². The Bertz CT molecular complexity index is 885. The van der Waals surface area contributed by atoms with Crippen molar-refractivity contribution >= 4 is 35.0 Å². The predicted octanol–water partition coefficient (Wildman–Crippen LogP) is 0.387. The van der Waals surface area contributed by atoms with E-state index < -0.39 is 47.1 Å². The van der Waals surface area contributed by atoms with Crippen LogP contribution in [0, 0.1) is 5.92 Å². The van der Waals surface area contributed by atoms with Crippen LogP contribution in [0.3, 0.4) is 0 Å². The molecular formula is C18H19F3N4O5. The van der Waals surface area contributed by atoms with Gasteiger partial charge in [0.2, 0.25) is 11.8 Å². The van der Waals surface area contributed by atoms with Gasteiger partial charge in [0.1, 0.15) is 6.61 Å². The second-order valence-corrected chi connectivity index (χ2v) is 6.93. The number of nitrogens with two attached hydrogens (primary N) is 1. The van der Waals surface area contributed by atoms with Gasteiger partial charge in [0, 0.05) is 18.2 Å². The first kappa shape index (κ1) is 21.6. The summed E-state index contributed by atoms with van der Waals surface area (Å²) in [7, 11) is 0. The Labute approximate surface area is 168 Å². The normalized spacial score (nSPS) is 18.0. The highest BCUT2D eigenvalue weighted by Crippen LogP contribution is 2.37. The van der Waals surface area contributed by atoms with E-state index in [0.29, 0.717) is 12.8 Å². The van der Waals surface area contributed by atoms with Crippen LogP contribution in [0.2, 0.25) is 0 Å². The highest BCUT2D eigenvalue weighted by Gasteiger charge is 2.38. The molecule has 1 aromatic rings. The van der Waals surface area contributed by atoms with E-state index in [1.54, 1.807) is 0 Å². The molecule has 4 amide bonds. The Hall–Kier alpha value is -3.15. The number of alkyl halides is 3. The number of hydrogen-bond acceptors (Lipinski definition) is 5. The van der Waals surface area contributed by atoms with E-state index >= 15 is 0 Å². The number of anilines is 2. The summed E-state index contributed by atoms with van der Waals surface area (Å²) in [6.07, 6.45) is -3.68. The van der Waals surface area contributed by atoms with Crippen molar-refractivity contribution in [2.24, 2.45) is 11.7 Å². The van der Waals surface area contributed by atoms with Gasteiger partial charge in [-0.05, 0) is 31.0 Å². The van der Waals surface area contributed by atoms with Gasteiger partial charge in [-0.15, -0.1) is 0 Å². The number of primary amides is 1. The molecule has 162 valence electrons. The van der Waals surface area contributed by atoms with E-state index in [4.69, 9.17) is 10.5 Å². The lowest BCUT2D eigenvalue weighted by Gasteiger charge is -2.28. The second kappa shape index (κ2) is 8.30. The number of nitrogens with one attached hydrogen (secondary N) is 2. The van der Waals surface area contributed by atoms with Crippen LogP contribution in [0.15, 0.2) is 18.2 Å². The molecule has 30 heavy (non-hydrogen) atoms. The summed E-state index contributed by atoms with van der Waals surface area (Å²) in [5.41, 5.74) is 3.26. The number of nitrogens with zero attached hydrogens (tertiary/aromatic N) is 1. The molecule has 1 heterocycles. The fourth-order valence-electron chi connectivity index (χ4n) is 2.91. The van der Waals surface area contributed by atoms with Crippen LogP contribution < -0.4 is 21.3 Å². The van der Waals surface area contributed by atoms with Crippen LogP contribution in [-0.4, -0.2) is 49.4 Å². The first-order valence-corrected chi connectivity index (χ1v) is 9.08. The topological polar surface area (TPSA) is 131 Å². The third kappa shape index (κ3) is 4.87. The molecule has 1 atom stereocenters. The lowest BCUT2D eigenvalue weighted by atomic mass is 10.1. The van der Waals surface area contributed by atoms with Crippen LogP contribution in [0.4, 0.5) is 24.5 Å². The SMILES string of the molecule is NC(=O)[C@@H](NC(=O)C1CC1)C(=O)Nc1ccc(N2CCOCC2=O)cc1C(F)(F)F. The maximum atomic E-state index is 13.6. The van der Waals surface area contributed by atoms with Gasteiger partial charge in [-0.1, -0.05) is 0 Å². The maximum Gasteiger partial charge on any atom is 0.418 e. The summed E-state index contributed by atoms with van der Waals surface area (Å²) in [6.45, 7) is 0.00612. The maximum absolute atomic E-state index is 13.6. The fourth-order valence-corrected chi connectivity index (χ4v) is 2.91. The molecule has 0 bridgehead atoms. The molecule has 3 rings (SSSR count). The molecule has 0 aromatic heterocycles. The van der Waals surface area contributed by atoms with Gasteiger partial charge < -0.3 is 26.0 Å². The minimum absolute atomic E-state index is 0.0119. The smallest absolute Gasteiger partial charge is 0.370 e. The number of carbonyl (C=O) groups is 4. The van der Waals surface area contributed by atoms with Crippen LogP contribution in [0.1, 0.15) is 18.4 Å². The zero-order valence-electron chi connectivity index (χ0n) is 15.6. The average Bonchev–Trinajstić information content (AvgIpc) is 3.51. The average molecular weight is 428 g/mol. The Morgan fingerprint density at radius 2 is 1.93 bits per heavy atom. The minimum Gasteiger partial charge on any atom is -0.370 e. The number of rotatable bonds is 6. The Kier molecular flexibility index (Phi) is 5.97. The third-order valence-corrected chi connectivity index (χ3v) is 4.65.